The van der Waals surface area contributed by atoms with E-state index in [1.807, 2.05) is 6.07 Å². The molecule has 0 aliphatic rings. The molecule has 1 atom stereocenters. The minimum Gasteiger partial charge on any atom is -0.468 e. The van der Waals surface area contributed by atoms with Crippen LogP contribution in [0.4, 0.5) is 0 Å². The first-order chi connectivity index (χ1) is 9.10. The van der Waals surface area contributed by atoms with Crippen molar-refractivity contribution in [1.82, 2.24) is 5.32 Å². The van der Waals surface area contributed by atoms with Gasteiger partial charge in [0.05, 0.1) is 10.9 Å². The Labute approximate surface area is 131 Å². The van der Waals surface area contributed by atoms with Gasteiger partial charge < -0.3 is 10.1 Å². The Balaban J connectivity index is 2.67. The molecule has 9 heteroatoms. The summed E-state index contributed by atoms with van der Waals surface area (Å²) in [6, 6.07) is 1.36. The van der Waals surface area contributed by atoms with Gasteiger partial charge >= 0.3 is 5.97 Å². The zero-order chi connectivity index (χ0) is 14.3. The minimum absolute atomic E-state index is 0.343. The Morgan fingerprint density at radius 1 is 1.68 bits per heavy atom. The summed E-state index contributed by atoms with van der Waals surface area (Å²) >= 11 is 8.24. The second-order valence-corrected chi connectivity index (χ2v) is 6.74. The molecular formula is C10H12Br2N4O2S. The van der Waals surface area contributed by atoms with Gasteiger partial charge in [0.15, 0.2) is 0 Å². The highest BCUT2D eigenvalue weighted by Crippen LogP contribution is 2.35. The van der Waals surface area contributed by atoms with E-state index in [0.717, 1.165) is 13.1 Å². The van der Waals surface area contributed by atoms with Crippen LogP contribution >= 0.6 is 43.2 Å². The van der Waals surface area contributed by atoms with E-state index in [0.29, 0.717) is 19.5 Å². The lowest BCUT2D eigenvalue weighted by atomic mass is 10.2. The van der Waals surface area contributed by atoms with Gasteiger partial charge in [0.1, 0.15) is 6.04 Å². The van der Waals surface area contributed by atoms with E-state index in [1.165, 1.54) is 18.4 Å². The maximum absolute atomic E-state index is 11.8. The lowest BCUT2D eigenvalue weighted by molar-refractivity contribution is -0.143. The van der Waals surface area contributed by atoms with Gasteiger partial charge in [-0.1, -0.05) is 5.11 Å². The average molecular weight is 412 g/mol. The van der Waals surface area contributed by atoms with Crippen LogP contribution in [0, 0.1) is 0 Å². The third-order valence-electron chi connectivity index (χ3n) is 2.23. The zero-order valence-electron chi connectivity index (χ0n) is 10.1. The second kappa shape index (κ2) is 8.55. The third-order valence-corrected chi connectivity index (χ3v) is 5.55. The van der Waals surface area contributed by atoms with E-state index in [-0.39, 0.29) is 5.97 Å². The number of halogens is 2. The fourth-order valence-electron chi connectivity index (χ4n) is 1.36. The van der Waals surface area contributed by atoms with Crippen molar-refractivity contribution >= 4 is 49.2 Å². The summed E-state index contributed by atoms with van der Waals surface area (Å²) in [5, 5.41) is 6.53. The highest BCUT2D eigenvalue weighted by Gasteiger charge is 2.23. The molecule has 0 saturated carbocycles. The SMILES string of the molecule is COC(=O)C(NCCCN=[N+]=[N-])c1cc(Br)c(Br)s1. The van der Waals surface area contributed by atoms with Crippen LogP contribution in [-0.4, -0.2) is 26.2 Å². The van der Waals surface area contributed by atoms with Gasteiger partial charge in [-0.05, 0) is 56.4 Å². The summed E-state index contributed by atoms with van der Waals surface area (Å²) in [4.78, 5) is 15.3. The van der Waals surface area contributed by atoms with Crippen LogP contribution in [0.25, 0.3) is 10.4 Å². The highest BCUT2D eigenvalue weighted by atomic mass is 79.9. The van der Waals surface area contributed by atoms with E-state index in [9.17, 15) is 4.79 Å². The Morgan fingerprint density at radius 3 is 2.95 bits per heavy atom. The third kappa shape index (κ3) is 5.12. The molecule has 0 spiro atoms. The minimum atomic E-state index is -0.510. The molecule has 1 aromatic rings. The van der Waals surface area contributed by atoms with Crippen LogP contribution in [0.2, 0.25) is 0 Å². The van der Waals surface area contributed by atoms with Crippen molar-refractivity contribution in [2.24, 2.45) is 5.11 Å². The van der Waals surface area contributed by atoms with E-state index >= 15 is 0 Å². The lowest BCUT2D eigenvalue weighted by Gasteiger charge is -2.14. The number of esters is 1. The molecule has 1 heterocycles. The van der Waals surface area contributed by atoms with Crippen LogP contribution in [0.3, 0.4) is 0 Å². The van der Waals surface area contributed by atoms with Crippen LogP contribution in [0.1, 0.15) is 17.3 Å². The van der Waals surface area contributed by atoms with E-state index < -0.39 is 6.04 Å². The number of thiophene rings is 1. The summed E-state index contributed by atoms with van der Waals surface area (Å²) in [5.41, 5.74) is 8.17. The summed E-state index contributed by atoms with van der Waals surface area (Å²) in [7, 11) is 1.36. The Kier molecular flexibility index (Phi) is 7.40. The second-order valence-electron chi connectivity index (χ2n) is 3.49. The molecule has 104 valence electrons. The molecule has 0 fully saturated rings. The number of hydrogen-bond acceptors (Lipinski definition) is 5. The molecular weight excluding hydrogens is 400 g/mol. The molecule has 0 aliphatic carbocycles. The average Bonchev–Trinajstić information content (AvgIpc) is 2.73. The van der Waals surface area contributed by atoms with Crippen molar-refractivity contribution in [1.29, 1.82) is 0 Å². The van der Waals surface area contributed by atoms with Crippen LogP contribution in [0.15, 0.2) is 19.4 Å². The van der Waals surface area contributed by atoms with Gasteiger partial charge in [-0.2, -0.15) is 0 Å². The largest absolute Gasteiger partial charge is 0.468 e. The van der Waals surface area contributed by atoms with Crippen molar-refractivity contribution in [3.05, 3.63) is 29.6 Å². The Hall–Kier alpha value is -0.600. The molecule has 6 nitrogen and oxygen atoms in total. The van der Waals surface area contributed by atoms with Crippen molar-refractivity contribution in [2.45, 2.75) is 12.5 Å². The van der Waals surface area contributed by atoms with E-state index in [2.05, 4.69) is 47.2 Å². The van der Waals surface area contributed by atoms with Gasteiger partial charge in [-0.3, -0.25) is 0 Å². The quantitative estimate of drug-likeness (QED) is 0.243. The normalized spacial score (nSPS) is 11.7. The molecule has 0 aliphatic heterocycles. The number of azide groups is 1. The molecule has 0 saturated heterocycles. The first-order valence-electron chi connectivity index (χ1n) is 5.37. The summed E-state index contributed by atoms with van der Waals surface area (Å²) in [6.45, 7) is 0.959. The number of nitrogens with one attached hydrogen (secondary N) is 1. The molecule has 0 bridgehead atoms. The standard InChI is InChI=1S/C10H12Br2N4O2S/c1-18-10(17)8(14-3-2-4-15-16-13)7-5-6(11)9(12)19-7/h5,8,14H,2-4H2,1H3. The summed E-state index contributed by atoms with van der Waals surface area (Å²) in [5.74, 6) is -0.343. The summed E-state index contributed by atoms with van der Waals surface area (Å²) in [6.07, 6.45) is 0.658. The summed E-state index contributed by atoms with van der Waals surface area (Å²) < 4.78 is 6.61. The topological polar surface area (TPSA) is 87.1 Å². The predicted octanol–water partition coefficient (Wildman–Crippen LogP) is 3.78. The number of carbonyl (C=O) groups excluding carboxylic acids is 1. The van der Waals surface area contributed by atoms with Crippen molar-refractivity contribution in [3.8, 4) is 0 Å². The molecule has 1 N–H and O–H groups in total. The first kappa shape index (κ1) is 16.5. The number of methoxy groups -OCH3 is 1. The van der Waals surface area contributed by atoms with Gasteiger partial charge in [0.2, 0.25) is 0 Å². The van der Waals surface area contributed by atoms with Crippen LogP contribution in [0.5, 0.6) is 0 Å². The molecule has 0 amide bonds. The molecule has 1 aromatic heterocycles. The van der Waals surface area contributed by atoms with Crippen molar-refractivity contribution in [2.75, 3.05) is 20.2 Å². The first-order valence-corrected chi connectivity index (χ1v) is 7.77. The Bertz CT molecular complexity index is 468. The lowest BCUT2D eigenvalue weighted by Crippen LogP contribution is -2.30. The monoisotopic (exact) mass is 410 g/mol. The fraction of sp³-hybridized carbons (Fsp3) is 0.500. The maximum Gasteiger partial charge on any atom is 0.328 e. The number of hydrogen-bond donors (Lipinski definition) is 1. The van der Waals surface area contributed by atoms with Gasteiger partial charge in [-0.15, -0.1) is 11.3 Å². The smallest absolute Gasteiger partial charge is 0.328 e. The fourth-order valence-corrected chi connectivity index (χ4v) is 3.52. The zero-order valence-corrected chi connectivity index (χ0v) is 14.1. The predicted molar refractivity (Wildman–Crippen MR) is 81.1 cm³/mol. The van der Waals surface area contributed by atoms with Gasteiger partial charge in [-0.25, -0.2) is 4.79 Å². The molecule has 1 rings (SSSR count). The molecule has 1 unspecified atom stereocenters. The van der Waals surface area contributed by atoms with E-state index in [4.69, 9.17) is 10.3 Å². The Morgan fingerprint density at radius 2 is 2.42 bits per heavy atom. The maximum atomic E-state index is 11.8. The number of carbonyl (C=O) groups is 1. The molecule has 0 radical (unpaired) electrons. The van der Waals surface area contributed by atoms with Crippen molar-refractivity contribution in [3.63, 3.8) is 0 Å². The number of rotatable bonds is 7. The van der Waals surface area contributed by atoms with Crippen molar-refractivity contribution < 1.29 is 9.53 Å². The van der Waals surface area contributed by atoms with Crippen LogP contribution < -0.4 is 5.32 Å². The number of ether oxygens (including phenoxy) is 1. The van der Waals surface area contributed by atoms with Gasteiger partial charge in [0, 0.05) is 20.8 Å². The van der Waals surface area contributed by atoms with Gasteiger partial charge in [0.25, 0.3) is 0 Å². The number of nitrogens with zero attached hydrogens (tertiary/aromatic N) is 3. The molecule has 19 heavy (non-hydrogen) atoms. The van der Waals surface area contributed by atoms with Crippen LogP contribution in [-0.2, 0) is 9.53 Å². The highest BCUT2D eigenvalue weighted by molar-refractivity contribution is 9.13. The van der Waals surface area contributed by atoms with E-state index in [1.54, 1.807) is 0 Å². The molecule has 0 aromatic carbocycles.